The van der Waals surface area contributed by atoms with E-state index in [4.69, 9.17) is 9.72 Å². The summed E-state index contributed by atoms with van der Waals surface area (Å²) < 4.78 is 46.5. The first kappa shape index (κ1) is 19.7. The van der Waals surface area contributed by atoms with Crippen molar-refractivity contribution >= 4 is 11.6 Å². The van der Waals surface area contributed by atoms with Gasteiger partial charge in [-0.3, -0.25) is 9.78 Å². The Morgan fingerprint density at radius 3 is 2.82 bits per heavy atom. The number of hydrogen-bond acceptors (Lipinski definition) is 5. The van der Waals surface area contributed by atoms with E-state index in [9.17, 15) is 18.0 Å². The Labute approximate surface area is 185 Å². The van der Waals surface area contributed by atoms with E-state index >= 15 is 0 Å². The summed E-state index contributed by atoms with van der Waals surface area (Å²) in [6, 6.07) is 7.29. The Hall–Kier alpha value is -3.95. The minimum absolute atomic E-state index is 0.0346. The molecule has 10 heteroatoms. The summed E-state index contributed by atoms with van der Waals surface area (Å²) >= 11 is 0. The Balaban J connectivity index is 1.60. The lowest BCUT2D eigenvalue weighted by molar-refractivity contribution is -0.0505. The average molecular weight is 451 g/mol. The van der Waals surface area contributed by atoms with Crippen LogP contribution in [0.25, 0.3) is 16.9 Å². The summed E-state index contributed by atoms with van der Waals surface area (Å²) in [5.74, 6) is -1.22. The van der Waals surface area contributed by atoms with Gasteiger partial charge in [-0.15, -0.1) is 0 Å². The van der Waals surface area contributed by atoms with Gasteiger partial charge in [0.25, 0.3) is 5.91 Å². The van der Waals surface area contributed by atoms with Crippen LogP contribution in [0, 0.1) is 5.82 Å². The van der Waals surface area contributed by atoms with E-state index in [1.807, 2.05) is 0 Å². The second-order valence-electron chi connectivity index (χ2n) is 8.09. The molecule has 2 bridgehead atoms. The maximum absolute atomic E-state index is 13.7. The predicted molar refractivity (Wildman–Crippen MR) is 111 cm³/mol. The molecule has 1 aromatic carbocycles. The number of ether oxygens (including phenoxy) is 1. The largest absolute Gasteiger partial charge is 0.434 e. The highest BCUT2D eigenvalue weighted by molar-refractivity contribution is 5.98. The summed E-state index contributed by atoms with van der Waals surface area (Å²) in [4.78, 5) is 23.3. The molecule has 2 atom stereocenters. The number of alkyl halides is 2. The first-order chi connectivity index (χ1) is 15.9. The number of hydrogen-bond donors (Lipinski definition) is 0. The fraction of sp³-hybridized carbons (Fsp3) is 0.217. The molecule has 0 fully saturated rings. The number of nitrogens with zero attached hydrogens (tertiary/aromatic N) is 5. The number of amides is 1. The first-order valence-electron chi connectivity index (χ1n) is 10.3. The molecular formula is C23H16F3N5O2. The second-order valence-corrected chi connectivity index (χ2v) is 8.09. The molecule has 0 spiro atoms. The number of carbonyl (C=O) groups excluding carboxylic acids is 1. The molecule has 0 N–H and O–H groups in total. The van der Waals surface area contributed by atoms with Crippen LogP contribution in [0.1, 0.15) is 45.6 Å². The smallest absolute Gasteiger partial charge is 0.387 e. The molecule has 1 aliphatic carbocycles. The Morgan fingerprint density at radius 2 is 2.03 bits per heavy atom. The maximum atomic E-state index is 13.7. The summed E-state index contributed by atoms with van der Waals surface area (Å²) in [7, 11) is 1.68. The van der Waals surface area contributed by atoms with E-state index in [1.54, 1.807) is 34.8 Å². The van der Waals surface area contributed by atoms with Gasteiger partial charge in [0.1, 0.15) is 11.6 Å². The summed E-state index contributed by atoms with van der Waals surface area (Å²) in [5.41, 5.74) is 3.65. The van der Waals surface area contributed by atoms with Gasteiger partial charge in [-0.1, -0.05) is 6.07 Å². The van der Waals surface area contributed by atoms with E-state index in [0.29, 0.717) is 40.1 Å². The van der Waals surface area contributed by atoms with Crippen molar-refractivity contribution in [2.45, 2.75) is 25.0 Å². The third kappa shape index (κ3) is 2.90. The van der Waals surface area contributed by atoms with Crippen LogP contribution >= 0.6 is 0 Å². The van der Waals surface area contributed by atoms with Crippen LogP contribution in [0.5, 0.6) is 5.75 Å². The van der Waals surface area contributed by atoms with E-state index in [0.717, 1.165) is 11.8 Å². The molecule has 1 amide bonds. The number of pyridine rings is 1. The van der Waals surface area contributed by atoms with Crippen LogP contribution in [0.3, 0.4) is 0 Å². The quantitative estimate of drug-likeness (QED) is 0.467. The van der Waals surface area contributed by atoms with Crippen molar-refractivity contribution in [2.24, 2.45) is 0 Å². The van der Waals surface area contributed by atoms with Crippen molar-refractivity contribution in [3.8, 4) is 17.0 Å². The normalized spacial score (nSPS) is 19.1. The Kier molecular flexibility index (Phi) is 4.20. The van der Waals surface area contributed by atoms with Gasteiger partial charge in [-0.2, -0.15) is 13.9 Å². The number of fused-ring (bicyclic) bond motifs is 9. The highest BCUT2D eigenvalue weighted by Gasteiger charge is 2.46. The van der Waals surface area contributed by atoms with E-state index in [2.05, 4.69) is 10.1 Å². The Bertz CT molecular complexity index is 1440. The lowest BCUT2D eigenvalue weighted by Gasteiger charge is -2.23. The molecule has 0 radical (unpaired) electrons. The summed E-state index contributed by atoms with van der Waals surface area (Å²) in [6.45, 7) is -3.03. The zero-order valence-corrected chi connectivity index (χ0v) is 17.2. The van der Waals surface area contributed by atoms with E-state index < -0.39 is 18.3 Å². The SMILES string of the molecule is CN1C(=O)c2cccc(OC(F)F)c2C2CC1c1nn3ccc(-c4cncc(F)c4)nc3c12. The fourth-order valence-electron chi connectivity index (χ4n) is 4.93. The maximum Gasteiger partial charge on any atom is 0.387 e. The van der Waals surface area contributed by atoms with Gasteiger partial charge < -0.3 is 9.64 Å². The number of benzene rings is 1. The fourth-order valence-corrected chi connectivity index (χ4v) is 4.93. The molecule has 7 nitrogen and oxygen atoms in total. The van der Waals surface area contributed by atoms with Gasteiger partial charge in [-0.25, -0.2) is 13.9 Å². The molecule has 0 saturated carbocycles. The van der Waals surface area contributed by atoms with Crippen LogP contribution < -0.4 is 4.74 Å². The third-order valence-corrected chi connectivity index (χ3v) is 6.32. The number of aromatic nitrogens is 4. The zero-order chi connectivity index (χ0) is 22.9. The van der Waals surface area contributed by atoms with Gasteiger partial charge in [0.05, 0.1) is 23.6 Å². The number of carbonyl (C=O) groups is 1. The van der Waals surface area contributed by atoms with Gasteiger partial charge in [0.15, 0.2) is 5.65 Å². The lowest BCUT2D eigenvalue weighted by atomic mass is 9.89. The van der Waals surface area contributed by atoms with Crippen molar-refractivity contribution in [2.75, 3.05) is 7.05 Å². The highest BCUT2D eigenvalue weighted by atomic mass is 19.3. The standard InChI is InChI=1S/C23H16F3N5O2/c1-30-16-8-14(18-13(22(30)32)3-2-4-17(18)33-23(25)26)19-20(16)29-31-6-5-15(28-21(19)31)11-7-12(24)10-27-9-11/h2-7,9-10,14,16,23H,8H2,1H3. The van der Waals surface area contributed by atoms with E-state index in [-0.39, 0.29) is 17.7 Å². The second kappa shape index (κ2) is 7.03. The molecule has 6 rings (SSSR count). The molecule has 33 heavy (non-hydrogen) atoms. The minimum Gasteiger partial charge on any atom is -0.434 e. The number of halogens is 3. The van der Waals surface area contributed by atoms with Crippen LogP contribution in [-0.2, 0) is 0 Å². The van der Waals surface area contributed by atoms with Crippen molar-refractivity contribution in [1.29, 1.82) is 0 Å². The first-order valence-corrected chi connectivity index (χ1v) is 10.3. The van der Waals surface area contributed by atoms with E-state index in [1.165, 1.54) is 24.4 Å². The molecule has 4 aromatic rings. The van der Waals surface area contributed by atoms with Gasteiger partial charge in [-0.05, 0) is 30.7 Å². The average Bonchev–Trinajstić information content (AvgIpc) is 3.31. The van der Waals surface area contributed by atoms with Crippen LogP contribution in [0.2, 0.25) is 0 Å². The monoisotopic (exact) mass is 451 g/mol. The zero-order valence-electron chi connectivity index (χ0n) is 17.2. The van der Waals surface area contributed by atoms with Crippen molar-refractivity contribution in [3.05, 3.63) is 77.1 Å². The molecule has 166 valence electrons. The van der Waals surface area contributed by atoms with Gasteiger partial charge >= 0.3 is 6.61 Å². The summed E-state index contributed by atoms with van der Waals surface area (Å²) in [6.07, 6.45) is 4.80. The minimum atomic E-state index is -3.03. The topological polar surface area (TPSA) is 72.6 Å². The molecule has 0 saturated heterocycles. The van der Waals surface area contributed by atoms with Crippen LogP contribution in [0.15, 0.2) is 48.9 Å². The Morgan fingerprint density at radius 1 is 1.18 bits per heavy atom. The number of rotatable bonds is 3. The van der Waals surface area contributed by atoms with Crippen molar-refractivity contribution < 1.29 is 22.7 Å². The third-order valence-electron chi connectivity index (χ3n) is 6.32. The molecule has 2 aliphatic rings. The lowest BCUT2D eigenvalue weighted by Crippen LogP contribution is -2.30. The highest BCUT2D eigenvalue weighted by Crippen LogP contribution is 2.53. The summed E-state index contributed by atoms with van der Waals surface area (Å²) in [5, 5.41) is 4.66. The molecule has 4 heterocycles. The molecule has 3 aromatic heterocycles. The molecular weight excluding hydrogens is 435 g/mol. The molecule has 1 aliphatic heterocycles. The van der Waals surface area contributed by atoms with Crippen molar-refractivity contribution in [3.63, 3.8) is 0 Å². The van der Waals surface area contributed by atoms with Crippen LogP contribution in [-0.4, -0.2) is 44.0 Å². The van der Waals surface area contributed by atoms with Gasteiger partial charge in [0.2, 0.25) is 0 Å². The van der Waals surface area contributed by atoms with Crippen LogP contribution in [0.4, 0.5) is 13.2 Å². The predicted octanol–water partition coefficient (Wildman–Crippen LogP) is 4.19. The molecule has 2 unspecified atom stereocenters. The van der Waals surface area contributed by atoms with Crippen molar-refractivity contribution in [1.82, 2.24) is 24.5 Å². The van der Waals surface area contributed by atoms with Gasteiger partial charge in [0, 0.05) is 47.6 Å².